The first-order valence-corrected chi connectivity index (χ1v) is 8.01. The standard InChI is InChI=1S/C16H30O3/c1-12(2)14-6-5-13(3)11-15(14)17-10-7-16-18-8-4-9-19-16/h12-16H,4-11H2,1-3H3. The van der Waals surface area contributed by atoms with E-state index in [-0.39, 0.29) is 6.29 Å². The van der Waals surface area contributed by atoms with Crippen LogP contribution in [-0.2, 0) is 14.2 Å². The van der Waals surface area contributed by atoms with Crippen molar-refractivity contribution in [3.05, 3.63) is 0 Å². The Balaban J connectivity index is 1.72. The SMILES string of the molecule is CC1CCC(C(C)C)C(OCCC2OCCCO2)C1. The minimum Gasteiger partial charge on any atom is -0.378 e. The van der Waals surface area contributed by atoms with Crippen LogP contribution in [0.2, 0.25) is 0 Å². The lowest BCUT2D eigenvalue weighted by molar-refractivity contribution is -0.190. The van der Waals surface area contributed by atoms with E-state index in [9.17, 15) is 0 Å². The van der Waals surface area contributed by atoms with Crippen molar-refractivity contribution in [3.8, 4) is 0 Å². The Morgan fingerprint density at radius 2 is 1.89 bits per heavy atom. The first kappa shape index (κ1) is 15.3. The van der Waals surface area contributed by atoms with Crippen LogP contribution in [0.15, 0.2) is 0 Å². The van der Waals surface area contributed by atoms with Gasteiger partial charge in [-0.2, -0.15) is 0 Å². The van der Waals surface area contributed by atoms with Gasteiger partial charge in [-0.15, -0.1) is 0 Å². The lowest BCUT2D eigenvalue weighted by Gasteiger charge is -2.37. The van der Waals surface area contributed by atoms with Crippen molar-refractivity contribution in [2.24, 2.45) is 17.8 Å². The Labute approximate surface area is 118 Å². The molecule has 1 saturated carbocycles. The molecule has 19 heavy (non-hydrogen) atoms. The molecule has 1 aliphatic heterocycles. The molecule has 3 atom stereocenters. The molecule has 0 aromatic heterocycles. The van der Waals surface area contributed by atoms with Gasteiger partial charge in [-0.25, -0.2) is 0 Å². The number of rotatable bonds is 5. The molecule has 0 radical (unpaired) electrons. The van der Waals surface area contributed by atoms with E-state index in [0.717, 1.165) is 50.4 Å². The van der Waals surface area contributed by atoms with Gasteiger partial charge in [-0.05, 0) is 37.0 Å². The zero-order chi connectivity index (χ0) is 13.7. The second-order valence-electron chi connectivity index (χ2n) is 6.55. The van der Waals surface area contributed by atoms with Gasteiger partial charge in [0.2, 0.25) is 0 Å². The van der Waals surface area contributed by atoms with E-state index in [1.54, 1.807) is 0 Å². The highest BCUT2D eigenvalue weighted by Crippen LogP contribution is 2.35. The average Bonchev–Trinajstić information content (AvgIpc) is 2.39. The van der Waals surface area contributed by atoms with Crippen LogP contribution in [0.1, 0.15) is 52.9 Å². The average molecular weight is 270 g/mol. The predicted octanol–water partition coefficient (Wildman–Crippen LogP) is 3.62. The molecular formula is C16H30O3. The molecule has 0 spiro atoms. The minimum atomic E-state index is -0.0349. The summed E-state index contributed by atoms with van der Waals surface area (Å²) in [6.45, 7) is 9.43. The topological polar surface area (TPSA) is 27.7 Å². The third-order valence-electron chi connectivity index (χ3n) is 4.54. The molecule has 2 fully saturated rings. The molecule has 2 aliphatic rings. The Morgan fingerprint density at radius 1 is 1.16 bits per heavy atom. The van der Waals surface area contributed by atoms with Crippen molar-refractivity contribution in [1.29, 1.82) is 0 Å². The molecule has 2 rings (SSSR count). The van der Waals surface area contributed by atoms with E-state index < -0.39 is 0 Å². The maximum Gasteiger partial charge on any atom is 0.159 e. The molecule has 112 valence electrons. The number of ether oxygens (including phenoxy) is 3. The van der Waals surface area contributed by atoms with E-state index in [2.05, 4.69) is 20.8 Å². The molecule has 0 bridgehead atoms. The summed E-state index contributed by atoms with van der Waals surface area (Å²) in [6.07, 6.45) is 6.19. The minimum absolute atomic E-state index is 0.0349. The lowest BCUT2D eigenvalue weighted by Crippen LogP contribution is -2.35. The molecule has 0 amide bonds. The molecule has 0 aromatic rings. The Hall–Kier alpha value is -0.120. The molecule has 1 aliphatic carbocycles. The van der Waals surface area contributed by atoms with Gasteiger partial charge in [0, 0.05) is 6.42 Å². The van der Waals surface area contributed by atoms with Gasteiger partial charge in [-0.3, -0.25) is 0 Å². The van der Waals surface area contributed by atoms with Crippen molar-refractivity contribution in [2.75, 3.05) is 19.8 Å². The first-order chi connectivity index (χ1) is 9.16. The summed E-state index contributed by atoms with van der Waals surface area (Å²) in [6, 6.07) is 0. The summed E-state index contributed by atoms with van der Waals surface area (Å²) in [4.78, 5) is 0. The van der Waals surface area contributed by atoms with Crippen LogP contribution in [0.3, 0.4) is 0 Å². The summed E-state index contributed by atoms with van der Waals surface area (Å²) in [5, 5.41) is 0. The summed E-state index contributed by atoms with van der Waals surface area (Å²) >= 11 is 0. The zero-order valence-corrected chi connectivity index (χ0v) is 12.8. The van der Waals surface area contributed by atoms with E-state index in [0.29, 0.717) is 6.10 Å². The van der Waals surface area contributed by atoms with Crippen LogP contribution in [0.4, 0.5) is 0 Å². The third-order valence-corrected chi connectivity index (χ3v) is 4.54. The lowest BCUT2D eigenvalue weighted by atomic mass is 9.75. The van der Waals surface area contributed by atoms with Crippen LogP contribution in [0, 0.1) is 17.8 Å². The van der Waals surface area contributed by atoms with Gasteiger partial charge in [0.1, 0.15) is 0 Å². The van der Waals surface area contributed by atoms with Crippen LogP contribution in [-0.4, -0.2) is 32.2 Å². The van der Waals surface area contributed by atoms with Crippen molar-refractivity contribution < 1.29 is 14.2 Å². The largest absolute Gasteiger partial charge is 0.378 e. The van der Waals surface area contributed by atoms with Gasteiger partial charge >= 0.3 is 0 Å². The van der Waals surface area contributed by atoms with Gasteiger partial charge in [0.25, 0.3) is 0 Å². The Kier molecular flexibility index (Phi) is 6.11. The van der Waals surface area contributed by atoms with E-state index >= 15 is 0 Å². The van der Waals surface area contributed by atoms with Gasteiger partial charge in [-0.1, -0.05) is 27.2 Å². The Morgan fingerprint density at radius 3 is 2.58 bits per heavy atom. The Bertz CT molecular complexity index is 248. The molecule has 3 nitrogen and oxygen atoms in total. The van der Waals surface area contributed by atoms with Crippen molar-refractivity contribution in [1.82, 2.24) is 0 Å². The second-order valence-corrected chi connectivity index (χ2v) is 6.55. The fraction of sp³-hybridized carbons (Fsp3) is 1.00. The highest BCUT2D eigenvalue weighted by atomic mass is 16.7. The molecular weight excluding hydrogens is 240 g/mol. The molecule has 3 heteroatoms. The molecule has 1 heterocycles. The molecule has 0 N–H and O–H groups in total. The predicted molar refractivity (Wildman–Crippen MR) is 76.0 cm³/mol. The summed E-state index contributed by atoms with van der Waals surface area (Å²) in [5.74, 6) is 2.26. The smallest absolute Gasteiger partial charge is 0.159 e. The van der Waals surface area contributed by atoms with E-state index in [1.807, 2.05) is 0 Å². The normalized spacial score (nSPS) is 33.8. The van der Waals surface area contributed by atoms with Crippen LogP contribution >= 0.6 is 0 Å². The number of hydrogen-bond donors (Lipinski definition) is 0. The van der Waals surface area contributed by atoms with Crippen LogP contribution < -0.4 is 0 Å². The molecule has 1 saturated heterocycles. The molecule has 0 aromatic carbocycles. The maximum atomic E-state index is 6.17. The first-order valence-electron chi connectivity index (χ1n) is 8.01. The van der Waals surface area contributed by atoms with Gasteiger partial charge in [0.05, 0.1) is 25.9 Å². The third kappa shape index (κ3) is 4.73. The van der Waals surface area contributed by atoms with Crippen LogP contribution in [0.5, 0.6) is 0 Å². The fourth-order valence-corrected chi connectivity index (χ4v) is 3.33. The van der Waals surface area contributed by atoms with Crippen molar-refractivity contribution in [3.63, 3.8) is 0 Å². The quantitative estimate of drug-likeness (QED) is 0.763. The summed E-state index contributed by atoms with van der Waals surface area (Å²) in [7, 11) is 0. The van der Waals surface area contributed by atoms with E-state index in [4.69, 9.17) is 14.2 Å². The zero-order valence-electron chi connectivity index (χ0n) is 12.8. The summed E-state index contributed by atoms with van der Waals surface area (Å²) in [5.41, 5.74) is 0. The maximum absolute atomic E-state index is 6.17. The number of hydrogen-bond acceptors (Lipinski definition) is 3. The van der Waals surface area contributed by atoms with Crippen molar-refractivity contribution >= 4 is 0 Å². The monoisotopic (exact) mass is 270 g/mol. The highest BCUT2D eigenvalue weighted by Gasteiger charge is 2.31. The second kappa shape index (κ2) is 7.61. The van der Waals surface area contributed by atoms with Crippen molar-refractivity contribution in [2.45, 2.75) is 65.3 Å². The molecule has 3 unspecified atom stereocenters. The van der Waals surface area contributed by atoms with E-state index in [1.165, 1.54) is 19.3 Å². The summed E-state index contributed by atoms with van der Waals surface area (Å²) < 4.78 is 17.3. The fourth-order valence-electron chi connectivity index (χ4n) is 3.33. The van der Waals surface area contributed by atoms with Gasteiger partial charge in [0.15, 0.2) is 6.29 Å². The van der Waals surface area contributed by atoms with Crippen LogP contribution in [0.25, 0.3) is 0 Å². The highest BCUT2D eigenvalue weighted by molar-refractivity contribution is 4.81. The van der Waals surface area contributed by atoms with Gasteiger partial charge < -0.3 is 14.2 Å².